The first-order chi connectivity index (χ1) is 16.0. The molecule has 1 heterocycles. The summed E-state index contributed by atoms with van der Waals surface area (Å²) in [6, 6.07) is 22.1. The summed E-state index contributed by atoms with van der Waals surface area (Å²) in [4.78, 5) is 12.7. The van der Waals surface area contributed by atoms with Gasteiger partial charge in [-0.05, 0) is 54.1 Å². The van der Waals surface area contributed by atoms with Crippen LogP contribution in [0.3, 0.4) is 0 Å². The number of hydrogen-bond donors (Lipinski definition) is 1. The first kappa shape index (κ1) is 22.5. The Morgan fingerprint density at radius 1 is 1.12 bits per heavy atom. The number of benzene rings is 3. The predicted molar refractivity (Wildman–Crippen MR) is 133 cm³/mol. The van der Waals surface area contributed by atoms with Crippen molar-refractivity contribution in [1.29, 1.82) is 5.26 Å². The maximum atomic E-state index is 12.7. The summed E-state index contributed by atoms with van der Waals surface area (Å²) >= 11 is 12.4. The lowest BCUT2D eigenvalue weighted by Crippen LogP contribution is -2.13. The molecule has 0 bridgehead atoms. The van der Waals surface area contributed by atoms with E-state index in [1.54, 1.807) is 49.6 Å². The van der Waals surface area contributed by atoms with Gasteiger partial charge in [0.25, 0.3) is 5.91 Å². The van der Waals surface area contributed by atoms with E-state index < -0.39 is 5.91 Å². The molecule has 1 aromatic heterocycles. The first-order valence-electron chi connectivity index (χ1n) is 10.1. The number of carbonyl (C=O) groups excluding carboxylic acids is 1. The quantitative estimate of drug-likeness (QED) is 0.254. The second kappa shape index (κ2) is 9.83. The van der Waals surface area contributed by atoms with Gasteiger partial charge in [-0.15, -0.1) is 0 Å². The van der Waals surface area contributed by atoms with Crippen LogP contribution in [0.1, 0.15) is 11.1 Å². The van der Waals surface area contributed by atoms with E-state index in [-0.39, 0.29) is 5.57 Å². The third kappa shape index (κ3) is 5.04. The molecule has 0 unspecified atom stereocenters. The van der Waals surface area contributed by atoms with Crippen LogP contribution in [0.4, 0.5) is 5.69 Å². The highest BCUT2D eigenvalue weighted by Gasteiger charge is 2.14. The van der Waals surface area contributed by atoms with Gasteiger partial charge in [0.2, 0.25) is 0 Å². The second-order valence-electron chi connectivity index (χ2n) is 7.32. The zero-order valence-electron chi connectivity index (χ0n) is 17.7. The van der Waals surface area contributed by atoms with E-state index in [9.17, 15) is 10.1 Å². The van der Waals surface area contributed by atoms with Gasteiger partial charge in [-0.1, -0.05) is 47.5 Å². The number of rotatable bonds is 6. The van der Waals surface area contributed by atoms with Gasteiger partial charge < -0.3 is 14.6 Å². The standard InChI is InChI=1S/C26H19Cl2N3O2/c1-33-22-10-8-21(9-11-22)30-26(32)18(14-29)12-19-16-31(25-5-3-2-4-23(19)25)15-17-6-7-20(27)13-24(17)28/h2-13,16H,15H2,1H3,(H,30,32)/b18-12+. The van der Waals surface area contributed by atoms with Crippen LogP contribution >= 0.6 is 23.2 Å². The van der Waals surface area contributed by atoms with Gasteiger partial charge in [0, 0.05) is 44.9 Å². The zero-order valence-corrected chi connectivity index (χ0v) is 19.2. The van der Waals surface area contributed by atoms with Crippen LogP contribution in [0, 0.1) is 11.3 Å². The fourth-order valence-electron chi connectivity index (χ4n) is 3.53. The number of amides is 1. The summed E-state index contributed by atoms with van der Waals surface area (Å²) in [5.41, 5.74) is 3.20. The highest BCUT2D eigenvalue weighted by molar-refractivity contribution is 6.35. The number of nitriles is 1. The average Bonchev–Trinajstić information content (AvgIpc) is 3.17. The number of methoxy groups -OCH3 is 1. The molecule has 0 aliphatic heterocycles. The van der Waals surface area contributed by atoms with Crippen molar-refractivity contribution in [3.63, 3.8) is 0 Å². The molecule has 0 aliphatic rings. The van der Waals surface area contributed by atoms with Crippen molar-refractivity contribution in [3.05, 3.63) is 99.7 Å². The van der Waals surface area contributed by atoms with Gasteiger partial charge >= 0.3 is 0 Å². The van der Waals surface area contributed by atoms with Crippen LogP contribution < -0.4 is 10.1 Å². The van der Waals surface area contributed by atoms with Gasteiger partial charge in [0.05, 0.1) is 7.11 Å². The van der Waals surface area contributed by atoms with Crippen molar-refractivity contribution in [1.82, 2.24) is 4.57 Å². The van der Waals surface area contributed by atoms with Crippen molar-refractivity contribution in [2.45, 2.75) is 6.54 Å². The molecule has 0 saturated carbocycles. The second-order valence-corrected chi connectivity index (χ2v) is 8.16. The first-order valence-corrected chi connectivity index (χ1v) is 10.8. The Labute approximate surface area is 201 Å². The third-order valence-electron chi connectivity index (χ3n) is 5.19. The fraction of sp³-hybridized carbons (Fsp3) is 0.0769. The van der Waals surface area contributed by atoms with Crippen LogP contribution in [0.2, 0.25) is 10.0 Å². The molecule has 33 heavy (non-hydrogen) atoms. The molecule has 0 radical (unpaired) electrons. The summed E-state index contributed by atoms with van der Waals surface area (Å²) in [7, 11) is 1.57. The summed E-state index contributed by atoms with van der Waals surface area (Å²) in [6.07, 6.45) is 3.51. The number of ether oxygens (including phenoxy) is 1. The lowest BCUT2D eigenvalue weighted by atomic mass is 10.1. The molecule has 0 fully saturated rings. The van der Waals surface area contributed by atoms with Gasteiger partial charge in [0.1, 0.15) is 17.4 Å². The third-order valence-corrected chi connectivity index (χ3v) is 5.77. The highest BCUT2D eigenvalue weighted by Crippen LogP contribution is 2.27. The number of nitrogens with zero attached hydrogens (tertiary/aromatic N) is 2. The zero-order chi connectivity index (χ0) is 23.4. The molecule has 4 aromatic rings. The Kier molecular flexibility index (Phi) is 6.69. The smallest absolute Gasteiger partial charge is 0.266 e. The Bertz CT molecular complexity index is 1400. The van der Waals surface area contributed by atoms with E-state index in [0.29, 0.717) is 28.0 Å². The molecule has 4 rings (SSSR count). The minimum absolute atomic E-state index is 0.00162. The van der Waals surface area contributed by atoms with Crippen LogP contribution in [0.25, 0.3) is 17.0 Å². The van der Waals surface area contributed by atoms with E-state index in [2.05, 4.69) is 5.32 Å². The molecule has 164 valence electrons. The number of hydrogen-bond acceptors (Lipinski definition) is 3. The predicted octanol–water partition coefficient (Wildman–Crippen LogP) is 6.55. The normalized spacial score (nSPS) is 11.3. The van der Waals surface area contributed by atoms with Gasteiger partial charge in [0.15, 0.2) is 0 Å². The van der Waals surface area contributed by atoms with Crippen LogP contribution in [-0.2, 0) is 11.3 Å². The van der Waals surface area contributed by atoms with Crippen LogP contribution in [0.5, 0.6) is 5.75 Å². The fourth-order valence-corrected chi connectivity index (χ4v) is 4.00. The van der Waals surface area contributed by atoms with E-state index in [1.807, 2.05) is 47.2 Å². The largest absolute Gasteiger partial charge is 0.497 e. The molecular formula is C26H19Cl2N3O2. The van der Waals surface area contributed by atoms with Gasteiger partial charge in [-0.3, -0.25) is 4.79 Å². The number of fused-ring (bicyclic) bond motifs is 1. The van der Waals surface area contributed by atoms with E-state index in [0.717, 1.165) is 22.0 Å². The number of carbonyl (C=O) groups is 1. The number of para-hydroxylation sites is 1. The van der Waals surface area contributed by atoms with Crippen molar-refractivity contribution >= 4 is 51.8 Å². The maximum Gasteiger partial charge on any atom is 0.266 e. The van der Waals surface area contributed by atoms with Crippen LogP contribution in [0.15, 0.2) is 78.5 Å². The molecule has 0 spiro atoms. The molecule has 0 atom stereocenters. The lowest BCUT2D eigenvalue weighted by Gasteiger charge is -2.08. The van der Waals surface area contributed by atoms with Crippen molar-refractivity contribution in [2.24, 2.45) is 0 Å². The molecule has 0 saturated heterocycles. The van der Waals surface area contributed by atoms with Crippen molar-refractivity contribution in [2.75, 3.05) is 12.4 Å². The average molecular weight is 476 g/mol. The number of anilines is 1. The SMILES string of the molecule is COc1ccc(NC(=O)/C(C#N)=C/c2cn(Cc3ccc(Cl)cc3Cl)c3ccccc23)cc1. The lowest BCUT2D eigenvalue weighted by molar-refractivity contribution is -0.112. The molecule has 5 nitrogen and oxygen atoms in total. The summed E-state index contributed by atoms with van der Waals surface area (Å²) < 4.78 is 7.16. The summed E-state index contributed by atoms with van der Waals surface area (Å²) in [5, 5.41) is 14.5. The number of aromatic nitrogens is 1. The molecule has 1 N–H and O–H groups in total. The molecule has 0 aliphatic carbocycles. The minimum Gasteiger partial charge on any atom is -0.497 e. The maximum absolute atomic E-state index is 12.7. The van der Waals surface area contributed by atoms with Gasteiger partial charge in [-0.25, -0.2) is 0 Å². The molecule has 1 amide bonds. The topological polar surface area (TPSA) is 67.0 Å². The highest BCUT2D eigenvalue weighted by atomic mass is 35.5. The van der Waals surface area contributed by atoms with Crippen molar-refractivity contribution < 1.29 is 9.53 Å². The molecule has 3 aromatic carbocycles. The van der Waals surface area contributed by atoms with E-state index in [1.165, 1.54) is 0 Å². The molecule has 7 heteroatoms. The monoisotopic (exact) mass is 475 g/mol. The Hall–Kier alpha value is -3.72. The number of nitrogens with one attached hydrogen (secondary N) is 1. The summed E-state index contributed by atoms with van der Waals surface area (Å²) in [5.74, 6) is 0.192. The van der Waals surface area contributed by atoms with E-state index in [4.69, 9.17) is 27.9 Å². The van der Waals surface area contributed by atoms with Gasteiger partial charge in [-0.2, -0.15) is 5.26 Å². The van der Waals surface area contributed by atoms with Crippen molar-refractivity contribution in [3.8, 4) is 11.8 Å². The Morgan fingerprint density at radius 3 is 2.58 bits per heavy atom. The Balaban J connectivity index is 1.66. The summed E-state index contributed by atoms with van der Waals surface area (Å²) in [6.45, 7) is 0.518. The minimum atomic E-state index is -0.486. The molecular weight excluding hydrogens is 457 g/mol. The van der Waals surface area contributed by atoms with E-state index >= 15 is 0 Å². The van der Waals surface area contributed by atoms with Crippen LogP contribution in [-0.4, -0.2) is 17.6 Å². The Morgan fingerprint density at radius 2 is 1.88 bits per heavy atom. The number of halogens is 2.